The molecule has 76 valence electrons. The van der Waals surface area contributed by atoms with Gasteiger partial charge in [0.05, 0.1) is 0 Å². The molecule has 14 heavy (non-hydrogen) atoms. The highest BCUT2D eigenvalue weighted by Crippen LogP contribution is 2.37. The van der Waals surface area contributed by atoms with E-state index in [1.54, 1.807) is 0 Å². The molecule has 1 N–H and O–H groups in total. The minimum atomic E-state index is 0.347. The summed E-state index contributed by atoms with van der Waals surface area (Å²) in [5, 5.41) is 9.32. The van der Waals surface area contributed by atoms with E-state index in [1.807, 2.05) is 0 Å². The standard InChI is InChI=1S/C13H18O/c14-10-12-8-4-5-9-13(12)11-6-2-1-3-7-11/h1-3,6-7,12-14H,4-5,8-10H2/t12-,13-/m0/s1. The lowest BCUT2D eigenvalue weighted by atomic mass is 9.76. The third kappa shape index (κ3) is 1.98. The second kappa shape index (κ2) is 4.61. The van der Waals surface area contributed by atoms with Crippen LogP contribution in [0, 0.1) is 5.92 Å². The fraction of sp³-hybridized carbons (Fsp3) is 0.538. The van der Waals surface area contributed by atoms with E-state index in [-0.39, 0.29) is 0 Å². The van der Waals surface area contributed by atoms with Crippen molar-refractivity contribution in [2.24, 2.45) is 5.92 Å². The first kappa shape index (κ1) is 9.72. The second-order valence-electron chi connectivity index (χ2n) is 4.24. The van der Waals surface area contributed by atoms with Gasteiger partial charge in [0.25, 0.3) is 0 Å². The van der Waals surface area contributed by atoms with Crippen molar-refractivity contribution in [3.8, 4) is 0 Å². The van der Waals surface area contributed by atoms with Crippen LogP contribution in [0.3, 0.4) is 0 Å². The fourth-order valence-electron chi connectivity index (χ4n) is 2.57. The Balaban J connectivity index is 2.15. The fourth-order valence-corrected chi connectivity index (χ4v) is 2.57. The van der Waals surface area contributed by atoms with Crippen LogP contribution in [-0.4, -0.2) is 11.7 Å². The Hall–Kier alpha value is -0.820. The van der Waals surface area contributed by atoms with Gasteiger partial charge in [-0.15, -0.1) is 0 Å². The maximum absolute atomic E-state index is 9.32. The monoisotopic (exact) mass is 190 g/mol. The van der Waals surface area contributed by atoms with Crippen molar-refractivity contribution in [1.82, 2.24) is 0 Å². The first-order valence-corrected chi connectivity index (χ1v) is 5.57. The number of hydrogen-bond acceptors (Lipinski definition) is 1. The van der Waals surface area contributed by atoms with Crippen LogP contribution in [0.25, 0.3) is 0 Å². The number of rotatable bonds is 2. The molecule has 1 nitrogen and oxygen atoms in total. The summed E-state index contributed by atoms with van der Waals surface area (Å²) in [4.78, 5) is 0. The van der Waals surface area contributed by atoms with Crippen LogP contribution in [0.2, 0.25) is 0 Å². The lowest BCUT2D eigenvalue weighted by Gasteiger charge is -2.30. The molecule has 1 fully saturated rings. The lowest BCUT2D eigenvalue weighted by molar-refractivity contribution is 0.169. The van der Waals surface area contributed by atoms with E-state index >= 15 is 0 Å². The summed E-state index contributed by atoms with van der Waals surface area (Å²) in [7, 11) is 0. The van der Waals surface area contributed by atoms with Gasteiger partial charge >= 0.3 is 0 Å². The second-order valence-corrected chi connectivity index (χ2v) is 4.24. The molecule has 1 aliphatic rings. The van der Waals surface area contributed by atoms with Gasteiger partial charge in [-0.1, -0.05) is 43.2 Å². The maximum Gasteiger partial charge on any atom is 0.0465 e. The third-order valence-corrected chi connectivity index (χ3v) is 3.37. The Kier molecular flexibility index (Phi) is 3.20. The van der Waals surface area contributed by atoms with Gasteiger partial charge in [-0.2, -0.15) is 0 Å². The Bertz CT molecular complexity index is 268. The smallest absolute Gasteiger partial charge is 0.0465 e. The summed E-state index contributed by atoms with van der Waals surface area (Å²) in [5.74, 6) is 1.08. The van der Waals surface area contributed by atoms with Crippen LogP contribution in [0.4, 0.5) is 0 Å². The Morgan fingerprint density at radius 1 is 1.07 bits per heavy atom. The van der Waals surface area contributed by atoms with Gasteiger partial charge in [-0.05, 0) is 30.2 Å². The molecule has 0 bridgehead atoms. The van der Waals surface area contributed by atoms with Crippen LogP contribution >= 0.6 is 0 Å². The van der Waals surface area contributed by atoms with E-state index in [2.05, 4.69) is 30.3 Å². The van der Waals surface area contributed by atoms with Crippen molar-refractivity contribution in [2.45, 2.75) is 31.6 Å². The van der Waals surface area contributed by atoms with Crippen LogP contribution in [0.5, 0.6) is 0 Å². The molecular formula is C13H18O. The molecule has 1 aliphatic carbocycles. The quantitative estimate of drug-likeness (QED) is 0.760. The van der Waals surface area contributed by atoms with Gasteiger partial charge < -0.3 is 5.11 Å². The minimum absolute atomic E-state index is 0.347. The number of aliphatic hydroxyl groups excluding tert-OH is 1. The minimum Gasteiger partial charge on any atom is -0.396 e. The van der Waals surface area contributed by atoms with Crippen molar-refractivity contribution in [1.29, 1.82) is 0 Å². The summed E-state index contributed by atoms with van der Waals surface area (Å²) < 4.78 is 0. The van der Waals surface area contributed by atoms with E-state index in [9.17, 15) is 5.11 Å². The number of benzene rings is 1. The topological polar surface area (TPSA) is 20.2 Å². The van der Waals surface area contributed by atoms with Gasteiger partial charge in [0.1, 0.15) is 0 Å². The Morgan fingerprint density at radius 3 is 2.50 bits per heavy atom. The molecule has 0 unspecified atom stereocenters. The SMILES string of the molecule is OC[C@@H]1CCCC[C@H]1c1ccccc1. The van der Waals surface area contributed by atoms with Gasteiger partial charge in [0.15, 0.2) is 0 Å². The Morgan fingerprint density at radius 2 is 1.79 bits per heavy atom. The van der Waals surface area contributed by atoms with Gasteiger partial charge in [-0.3, -0.25) is 0 Å². The van der Waals surface area contributed by atoms with E-state index < -0.39 is 0 Å². The first-order chi connectivity index (χ1) is 6.92. The van der Waals surface area contributed by atoms with Crippen molar-refractivity contribution in [3.05, 3.63) is 35.9 Å². The highest BCUT2D eigenvalue weighted by molar-refractivity contribution is 5.20. The molecule has 1 saturated carbocycles. The molecule has 0 radical (unpaired) electrons. The van der Waals surface area contributed by atoms with E-state index in [0.29, 0.717) is 18.4 Å². The zero-order valence-electron chi connectivity index (χ0n) is 8.52. The molecule has 2 atom stereocenters. The van der Waals surface area contributed by atoms with Crippen molar-refractivity contribution >= 4 is 0 Å². The molecule has 0 saturated heterocycles. The van der Waals surface area contributed by atoms with Crippen molar-refractivity contribution < 1.29 is 5.11 Å². The van der Waals surface area contributed by atoms with Crippen molar-refractivity contribution in [2.75, 3.05) is 6.61 Å². The molecule has 0 aliphatic heterocycles. The van der Waals surface area contributed by atoms with Crippen molar-refractivity contribution in [3.63, 3.8) is 0 Å². The summed E-state index contributed by atoms with van der Waals surface area (Å²) in [6, 6.07) is 10.6. The molecule has 2 rings (SSSR count). The molecule has 1 heteroatoms. The van der Waals surface area contributed by atoms with Crippen LogP contribution < -0.4 is 0 Å². The van der Waals surface area contributed by atoms with Crippen LogP contribution in [0.15, 0.2) is 30.3 Å². The molecular weight excluding hydrogens is 172 g/mol. The van der Waals surface area contributed by atoms with Gasteiger partial charge in [0.2, 0.25) is 0 Å². The number of aliphatic hydroxyl groups is 1. The van der Waals surface area contributed by atoms with Gasteiger partial charge in [-0.25, -0.2) is 0 Å². The zero-order valence-corrected chi connectivity index (χ0v) is 8.52. The molecule has 1 aromatic rings. The molecule has 0 spiro atoms. The lowest BCUT2D eigenvalue weighted by Crippen LogP contribution is -2.20. The average molecular weight is 190 g/mol. The van der Waals surface area contributed by atoms with E-state index in [4.69, 9.17) is 0 Å². The maximum atomic E-state index is 9.32. The Labute approximate surface area is 85.8 Å². The normalized spacial score (nSPS) is 27.5. The van der Waals surface area contributed by atoms with E-state index in [1.165, 1.54) is 31.2 Å². The highest BCUT2D eigenvalue weighted by Gasteiger charge is 2.25. The van der Waals surface area contributed by atoms with Crippen LogP contribution in [-0.2, 0) is 0 Å². The highest BCUT2D eigenvalue weighted by atomic mass is 16.3. The third-order valence-electron chi connectivity index (χ3n) is 3.37. The van der Waals surface area contributed by atoms with Gasteiger partial charge in [0, 0.05) is 6.61 Å². The largest absolute Gasteiger partial charge is 0.396 e. The van der Waals surface area contributed by atoms with Crippen LogP contribution in [0.1, 0.15) is 37.2 Å². The first-order valence-electron chi connectivity index (χ1n) is 5.57. The predicted molar refractivity (Wildman–Crippen MR) is 58.2 cm³/mol. The predicted octanol–water partition coefficient (Wildman–Crippen LogP) is 2.95. The molecule has 0 heterocycles. The summed E-state index contributed by atoms with van der Waals surface area (Å²) in [6.45, 7) is 0.347. The summed E-state index contributed by atoms with van der Waals surface area (Å²) in [6.07, 6.45) is 5.04. The zero-order chi connectivity index (χ0) is 9.80. The molecule has 1 aromatic carbocycles. The molecule has 0 aromatic heterocycles. The molecule has 0 amide bonds. The summed E-state index contributed by atoms with van der Waals surface area (Å²) in [5.41, 5.74) is 1.41. The van der Waals surface area contributed by atoms with E-state index in [0.717, 1.165) is 0 Å². The average Bonchev–Trinajstić information content (AvgIpc) is 2.30. The summed E-state index contributed by atoms with van der Waals surface area (Å²) >= 11 is 0. The number of hydrogen-bond donors (Lipinski definition) is 1.